The first kappa shape index (κ1) is 17.7. The van der Waals surface area contributed by atoms with E-state index in [0.29, 0.717) is 24.9 Å². The third-order valence-corrected chi connectivity index (χ3v) is 4.19. The number of nitrogens with zero attached hydrogens (tertiary/aromatic N) is 1. The van der Waals surface area contributed by atoms with E-state index in [9.17, 15) is 10.0 Å². The van der Waals surface area contributed by atoms with Crippen LogP contribution in [-0.2, 0) is 0 Å². The second-order valence-electron chi connectivity index (χ2n) is 6.92. The van der Waals surface area contributed by atoms with E-state index in [1.54, 1.807) is 0 Å². The molecule has 6 heteroatoms. The summed E-state index contributed by atoms with van der Waals surface area (Å²) in [6.45, 7) is 9.07. The van der Waals surface area contributed by atoms with Crippen LogP contribution in [0, 0.1) is 4.91 Å². The van der Waals surface area contributed by atoms with Crippen LogP contribution in [0.1, 0.15) is 39.2 Å². The molecule has 0 spiro atoms. The summed E-state index contributed by atoms with van der Waals surface area (Å²) in [5, 5.41) is 19.8. The first-order valence-corrected chi connectivity index (χ1v) is 8.10. The van der Waals surface area contributed by atoms with Crippen molar-refractivity contribution < 1.29 is 9.84 Å². The van der Waals surface area contributed by atoms with Gasteiger partial charge >= 0.3 is 0 Å². The van der Waals surface area contributed by atoms with E-state index in [4.69, 9.17) is 4.74 Å². The van der Waals surface area contributed by atoms with Crippen LogP contribution in [0.5, 0.6) is 5.75 Å². The molecule has 0 saturated carbocycles. The van der Waals surface area contributed by atoms with Gasteiger partial charge < -0.3 is 20.5 Å². The summed E-state index contributed by atoms with van der Waals surface area (Å²) in [6, 6.07) is 6.07. The molecule has 1 aliphatic heterocycles. The Balaban J connectivity index is 2.10. The highest BCUT2D eigenvalue weighted by atomic mass is 16.5. The smallest absolute Gasteiger partial charge is 0.125 e. The highest BCUT2D eigenvalue weighted by molar-refractivity contribution is 5.64. The number of hydrogen-bond acceptors (Lipinski definition) is 6. The standard InChI is InChI=1S/C17H27N3O3/c1-11(2)18-8-12(21)10-23-15-7-5-6-14-16(15)13(9-19-14)17(3,4)20-22/h5-7,11-13,18-19,21H,8-10H2,1-4H3. The third kappa shape index (κ3) is 4.20. The van der Waals surface area contributed by atoms with Gasteiger partial charge in [0, 0.05) is 36.3 Å². The number of ether oxygens (including phenoxy) is 1. The van der Waals surface area contributed by atoms with Crippen molar-refractivity contribution >= 4 is 5.69 Å². The molecular formula is C17H27N3O3. The molecular weight excluding hydrogens is 294 g/mol. The van der Waals surface area contributed by atoms with Crippen molar-refractivity contribution in [1.29, 1.82) is 0 Å². The zero-order chi connectivity index (χ0) is 17.0. The second kappa shape index (κ2) is 7.27. The number of anilines is 1. The van der Waals surface area contributed by atoms with E-state index >= 15 is 0 Å². The first-order valence-electron chi connectivity index (χ1n) is 8.10. The first-order chi connectivity index (χ1) is 10.8. The zero-order valence-corrected chi connectivity index (χ0v) is 14.3. The number of aliphatic hydroxyl groups excluding tert-OH is 1. The predicted octanol–water partition coefficient (Wildman–Crippen LogP) is 2.48. The summed E-state index contributed by atoms with van der Waals surface area (Å²) in [5.74, 6) is 0.662. The summed E-state index contributed by atoms with van der Waals surface area (Å²) in [7, 11) is 0. The van der Waals surface area contributed by atoms with E-state index < -0.39 is 11.6 Å². The average Bonchev–Trinajstić information content (AvgIpc) is 2.96. The van der Waals surface area contributed by atoms with Crippen LogP contribution < -0.4 is 15.4 Å². The van der Waals surface area contributed by atoms with Gasteiger partial charge in [0.25, 0.3) is 0 Å². The fraction of sp³-hybridized carbons (Fsp3) is 0.647. The minimum absolute atomic E-state index is 0.0443. The minimum Gasteiger partial charge on any atom is -0.490 e. The van der Waals surface area contributed by atoms with Gasteiger partial charge in [-0.3, -0.25) is 0 Å². The Kier molecular flexibility index (Phi) is 5.59. The zero-order valence-electron chi connectivity index (χ0n) is 14.3. The van der Waals surface area contributed by atoms with Crippen LogP contribution in [-0.4, -0.2) is 42.5 Å². The van der Waals surface area contributed by atoms with Crippen molar-refractivity contribution in [3.05, 3.63) is 28.7 Å². The molecule has 1 aromatic rings. The molecule has 1 aliphatic rings. The summed E-state index contributed by atoms with van der Waals surface area (Å²) in [5.41, 5.74) is 1.23. The minimum atomic E-state index is -0.713. The largest absolute Gasteiger partial charge is 0.490 e. The monoisotopic (exact) mass is 321 g/mol. The molecule has 2 atom stereocenters. The average molecular weight is 321 g/mol. The van der Waals surface area contributed by atoms with E-state index in [1.165, 1.54) is 0 Å². The van der Waals surface area contributed by atoms with Crippen molar-refractivity contribution in [2.45, 2.75) is 51.3 Å². The quantitative estimate of drug-likeness (QED) is 0.641. The lowest BCUT2D eigenvalue weighted by molar-refractivity contribution is 0.104. The molecule has 0 aliphatic carbocycles. The molecule has 0 amide bonds. The van der Waals surface area contributed by atoms with E-state index in [0.717, 1.165) is 11.3 Å². The van der Waals surface area contributed by atoms with Crippen molar-refractivity contribution in [3.8, 4) is 5.75 Å². The molecule has 2 rings (SSSR count). The van der Waals surface area contributed by atoms with Gasteiger partial charge in [0.15, 0.2) is 0 Å². The molecule has 0 fully saturated rings. The van der Waals surface area contributed by atoms with Crippen LogP contribution in [0.2, 0.25) is 0 Å². The van der Waals surface area contributed by atoms with Crippen molar-refractivity contribution in [3.63, 3.8) is 0 Å². The Bertz CT molecular complexity index is 546. The van der Waals surface area contributed by atoms with E-state index in [1.807, 2.05) is 45.9 Å². The Hall–Kier alpha value is -1.66. The topological polar surface area (TPSA) is 82.9 Å². The van der Waals surface area contributed by atoms with Gasteiger partial charge in [-0.2, -0.15) is 4.91 Å². The Morgan fingerprint density at radius 1 is 1.48 bits per heavy atom. The Morgan fingerprint density at radius 3 is 2.87 bits per heavy atom. The van der Waals surface area contributed by atoms with Gasteiger partial charge in [0.05, 0.1) is 0 Å². The van der Waals surface area contributed by atoms with Crippen molar-refractivity contribution in [1.82, 2.24) is 5.32 Å². The molecule has 3 N–H and O–H groups in total. The summed E-state index contributed by atoms with van der Waals surface area (Å²) in [4.78, 5) is 11.2. The highest BCUT2D eigenvalue weighted by Crippen LogP contribution is 2.45. The molecule has 1 heterocycles. The Morgan fingerprint density at radius 2 is 2.22 bits per heavy atom. The lowest BCUT2D eigenvalue weighted by Crippen LogP contribution is -2.35. The fourth-order valence-electron chi connectivity index (χ4n) is 2.78. The highest BCUT2D eigenvalue weighted by Gasteiger charge is 2.39. The molecule has 128 valence electrons. The maximum absolute atomic E-state index is 11.2. The van der Waals surface area contributed by atoms with Crippen LogP contribution in [0.15, 0.2) is 23.4 Å². The van der Waals surface area contributed by atoms with Crippen LogP contribution in [0.25, 0.3) is 0 Å². The molecule has 2 unspecified atom stereocenters. The lowest BCUT2D eigenvalue weighted by atomic mass is 9.83. The van der Waals surface area contributed by atoms with Crippen LogP contribution in [0.4, 0.5) is 5.69 Å². The van der Waals surface area contributed by atoms with E-state index in [-0.39, 0.29) is 12.5 Å². The fourth-order valence-corrected chi connectivity index (χ4v) is 2.78. The molecule has 23 heavy (non-hydrogen) atoms. The van der Waals surface area contributed by atoms with Crippen LogP contribution >= 0.6 is 0 Å². The summed E-state index contributed by atoms with van der Waals surface area (Å²) < 4.78 is 5.84. The molecule has 0 radical (unpaired) electrons. The van der Waals surface area contributed by atoms with Crippen molar-refractivity contribution in [2.75, 3.05) is 25.0 Å². The van der Waals surface area contributed by atoms with Gasteiger partial charge in [0.2, 0.25) is 0 Å². The van der Waals surface area contributed by atoms with Gasteiger partial charge in [-0.1, -0.05) is 25.1 Å². The van der Waals surface area contributed by atoms with Gasteiger partial charge in [0.1, 0.15) is 24.0 Å². The van der Waals surface area contributed by atoms with Gasteiger partial charge in [-0.25, -0.2) is 0 Å². The maximum atomic E-state index is 11.2. The number of aliphatic hydroxyl groups is 1. The molecule has 0 saturated heterocycles. The normalized spacial score (nSPS) is 18.4. The molecule has 1 aromatic carbocycles. The molecule has 0 aromatic heterocycles. The number of nitroso groups, excluding NO2 is 1. The lowest BCUT2D eigenvalue weighted by Gasteiger charge is -2.25. The molecule has 0 bridgehead atoms. The van der Waals surface area contributed by atoms with E-state index in [2.05, 4.69) is 15.8 Å². The SMILES string of the molecule is CC(C)NCC(O)COc1cccc2c1C(C(C)(C)N=O)CN2. The number of benzene rings is 1. The summed E-state index contributed by atoms with van der Waals surface area (Å²) >= 11 is 0. The van der Waals surface area contributed by atoms with Crippen LogP contribution in [0.3, 0.4) is 0 Å². The third-order valence-electron chi connectivity index (χ3n) is 4.19. The van der Waals surface area contributed by atoms with Crippen molar-refractivity contribution in [2.24, 2.45) is 5.18 Å². The second-order valence-corrected chi connectivity index (χ2v) is 6.92. The molecule has 6 nitrogen and oxygen atoms in total. The number of hydrogen-bond donors (Lipinski definition) is 3. The maximum Gasteiger partial charge on any atom is 0.125 e. The number of fused-ring (bicyclic) bond motifs is 1. The van der Waals surface area contributed by atoms with Gasteiger partial charge in [-0.15, -0.1) is 0 Å². The summed E-state index contributed by atoms with van der Waals surface area (Å²) in [6.07, 6.45) is -0.585. The number of rotatable bonds is 8. The number of nitrogens with one attached hydrogen (secondary N) is 2. The Labute approximate surface area is 137 Å². The predicted molar refractivity (Wildman–Crippen MR) is 92.2 cm³/mol. The van der Waals surface area contributed by atoms with Gasteiger partial charge in [-0.05, 0) is 26.0 Å².